The number of aromatic nitrogens is 2. The Bertz CT molecular complexity index is 522. The largest absolute Gasteiger partial charge is 0.368 e. The molecule has 1 aromatic carbocycles. The molecule has 0 aliphatic carbocycles. The van der Waals surface area contributed by atoms with Crippen LogP contribution < -0.4 is 11.1 Å². The monoisotopic (exact) mass is 282 g/mol. The van der Waals surface area contributed by atoms with Gasteiger partial charge in [0, 0.05) is 17.1 Å². The molecule has 0 aliphatic rings. The zero-order chi connectivity index (χ0) is 13.1. The standard InChI is InChI=1S/C12H12Cl2N4/c1-7(8-2-4-9(13)5-3-8)16-11-6-10(14)17-12(15)18-11/h2-7H,1H3,(H3,15,16,17,18). The van der Waals surface area contributed by atoms with Crippen LogP contribution in [0.15, 0.2) is 30.3 Å². The molecule has 2 rings (SSSR count). The van der Waals surface area contributed by atoms with E-state index in [0.717, 1.165) is 5.56 Å². The molecule has 18 heavy (non-hydrogen) atoms. The first-order valence-electron chi connectivity index (χ1n) is 5.36. The normalized spacial score (nSPS) is 12.2. The van der Waals surface area contributed by atoms with Crippen molar-refractivity contribution in [3.63, 3.8) is 0 Å². The van der Waals surface area contributed by atoms with E-state index in [2.05, 4.69) is 15.3 Å². The van der Waals surface area contributed by atoms with E-state index in [1.807, 2.05) is 31.2 Å². The molecule has 0 saturated carbocycles. The zero-order valence-corrected chi connectivity index (χ0v) is 11.2. The number of hydrogen-bond acceptors (Lipinski definition) is 4. The summed E-state index contributed by atoms with van der Waals surface area (Å²) in [6.45, 7) is 2.01. The van der Waals surface area contributed by atoms with E-state index in [-0.39, 0.29) is 12.0 Å². The van der Waals surface area contributed by atoms with Crippen molar-refractivity contribution in [2.45, 2.75) is 13.0 Å². The topological polar surface area (TPSA) is 63.8 Å². The number of halogens is 2. The molecule has 3 N–H and O–H groups in total. The Labute approximate surface area is 115 Å². The highest BCUT2D eigenvalue weighted by atomic mass is 35.5. The van der Waals surface area contributed by atoms with E-state index in [9.17, 15) is 0 Å². The second-order valence-corrected chi connectivity index (χ2v) is 4.68. The summed E-state index contributed by atoms with van der Waals surface area (Å²) in [7, 11) is 0. The molecule has 0 saturated heterocycles. The van der Waals surface area contributed by atoms with Crippen LogP contribution in [0.2, 0.25) is 10.2 Å². The molecule has 1 atom stereocenters. The summed E-state index contributed by atoms with van der Waals surface area (Å²) in [6.07, 6.45) is 0. The number of hydrogen-bond donors (Lipinski definition) is 2. The van der Waals surface area contributed by atoms with E-state index in [1.54, 1.807) is 6.07 Å². The Hall–Kier alpha value is -1.52. The van der Waals surface area contributed by atoms with E-state index < -0.39 is 0 Å². The van der Waals surface area contributed by atoms with Gasteiger partial charge in [0.25, 0.3) is 0 Å². The molecule has 94 valence electrons. The molecule has 0 aliphatic heterocycles. The van der Waals surface area contributed by atoms with Crippen molar-refractivity contribution in [1.29, 1.82) is 0 Å². The van der Waals surface area contributed by atoms with Gasteiger partial charge in [-0.3, -0.25) is 0 Å². The van der Waals surface area contributed by atoms with Crippen LogP contribution in [0.3, 0.4) is 0 Å². The second-order valence-electron chi connectivity index (χ2n) is 3.85. The van der Waals surface area contributed by atoms with Gasteiger partial charge in [-0.15, -0.1) is 0 Å². The Morgan fingerprint density at radius 2 is 1.83 bits per heavy atom. The Balaban J connectivity index is 2.15. The van der Waals surface area contributed by atoms with Gasteiger partial charge in [0.05, 0.1) is 0 Å². The summed E-state index contributed by atoms with van der Waals surface area (Å²) in [5.74, 6) is 0.739. The quantitative estimate of drug-likeness (QED) is 0.846. The van der Waals surface area contributed by atoms with Gasteiger partial charge in [-0.1, -0.05) is 35.3 Å². The molecule has 1 heterocycles. The van der Waals surface area contributed by atoms with Crippen molar-refractivity contribution in [3.8, 4) is 0 Å². The molecular formula is C12H12Cl2N4. The number of nitrogen functional groups attached to an aromatic ring is 1. The number of nitrogens with two attached hydrogens (primary N) is 1. The molecule has 1 aromatic heterocycles. The van der Waals surface area contributed by atoms with E-state index in [0.29, 0.717) is 16.0 Å². The van der Waals surface area contributed by atoms with Crippen molar-refractivity contribution < 1.29 is 0 Å². The summed E-state index contributed by atoms with van der Waals surface area (Å²) in [5.41, 5.74) is 6.62. The maximum Gasteiger partial charge on any atom is 0.223 e. The number of anilines is 2. The Kier molecular flexibility index (Phi) is 3.89. The number of nitrogens with one attached hydrogen (secondary N) is 1. The Morgan fingerprint density at radius 1 is 1.17 bits per heavy atom. The molecule has 0 radical (unpaired) electrons. The highest BCUT2D eigenvalue weighted by molar-refractivity contribution is 6.30. The van der Waals surface area contributed by atoms with Gasteiger partial charge < -0.3 is 11.1 Å². The first-order chi connectivity index (χ1) is 8.54. The van der Waals surface area contributed by atoms with Crippen molar-refractivity contribution >= 4 is 35.0 Å². The van der Waals surface area contributed by atoms with Crippen LogP contribution in [0.25, 0.3) is 0 Å². The molecular weight excluding hydrogens is 271 g/mol. The molecule has 0 amide bonds. The summed E-state index contributed by atoms with van der Waals surface area (Å²) >= 11 is 11.7. The average molecular weight is 283 g/mol. The molecule has 0 bridgehead atoms. The lowest BCUT2D eigenvalue weighted by Gasteiger charge is -2.15. The van der Waals surface area contributed by atoms with Gasteiger partial charge in [-0.25, -0.2) is 4.98 Å². The Morgan fingerprint density at radius 3 is 2.44 bits per heavy atom. The van der Waals surface area contributed by atoms with Crippen LogP contribution in [-0.2, 0) is 0 Å². The smallest absolute Gasteiger partial charge is 0.223 e. The average Bonchev–Trinajstić information content (AvgIpc) is 2.28. The van der Waals surface area contributed by atoms with Crippen LogP contribution in [-0.4, -0.2) is 9.97 Å². The van der Waals surface area contributed by atoms with Gasteiger partial charge in [-0.05, 0) is 24.6 Å². The number of nitrogens with zero attached hydrogens (tertiary/aromatic N) is 2. The van der Waals surface area contributed by atoms with Crippen LogP contribution in [0.1, 0.15) is 18.5 Å². The fourth-order valence-corrected chi connectivity index (χ4v) is 1.88. The van der Waals surface area contributed by atoms with Crippen LogP contribution in [0, 0.1) is 0 Å². The van der Waals surface area contributed by atoms with Crippen LogP contribution in [0.5, 0.6) is 0 Å². The molecule has 0 spiro atoms. The predicted molar refractivity (Wildman–Crippen MR) is 74.9 cm³/mol. The summed E-state index contributed by atoms with van der Waals surface area (Å²) in [4.78, 5) is 7.86. The number of benzene rings is 1. The van der Waals surface area contributed by atoms with Crippen molar-refractivity contribution in [3.05, 3.63) is 46.1 Å². The highest BCUT2D eigenvalue weighted by Gasteiger charge is 2.07. The SMILES string of the molecule is CC(Nc1cc(Cl)nc(N)n1)c1ccc(Cl)cc1. The number of rotatable bonds is 3. The van der Waals surface area contributed by atoms with Crippen molar-refractivity contribution in [2.75, 3.05) is 11.1 Å². The van der Waals surface area contributed by atoms with Crippen molar-refractivity contribution in [2.24, 2.45) is 0 Å². The lowest BCUT2D eigenvalue weighted by molar-refractivity contribution is 0.873. The maximum atomic E-state index is 5.84. The van der Waals surface area contributed by atoms with Crippen molar-refractivity contribution in [1.82, 2.24) is 9.97 Å². The highest BCUT2D eigenvalue weighted by Crippen LogP contribution is 2.21. The third kappa shape index (κ3) is 3.24. The molecule has 2 aromatic rings. The van der Waals surface area contributed by atoms with Crippen LogP contribution in [0.4, 0.5) is 11.8 Å². The summed E-state index contributed by atoms with van der Waals surface area (Å²) in [5, 5.41) is 4.22. The lowest BCUT2D eigenvalue weighted by Crippen LogP contribution is -2.09. The zero-order valence-electron chi connectivity index (χ0n) is 9.69. The van der Waals surface area contributed by atoms with E-state index in [1.165, 1.54) is 0 Å². The van der Waals surface area contributed by atoms with Gasteiger partial charge in [0.2, 0.25) is 5.95 Å². The van der Waals surface area contributed by atoms with Gasteiger partial charge in [-0.2, -0.15) is 4.98 Å². The minimum atomic E-state index is 0.0626. The first-order valence-corrected chi connectivity index (χ1v) is 6.12. The lowest BCUT2D eigenvalue weighted by atomic mass is 10.1. The third-order valence-corrected chi connectivity index (χ3v) is 2.89. The van der Waals surface area contributed by atoms with Gasteiger partial charge in [0.1, 0.15) is 11.0 Å². The fraction of sp³-hybridized carbons (Fsp3) is 0.167. The minimum absolute atomic E-state index is 0.0626. The maximum absolute atomic E-state index is 5.84. The van der Waals surface area contributed by atoms with Gasteiger partial charge in [0.15, 0.2) is 0 Å². The molecule has 6 heteroatoms. The fourth-order valence-electron chi connectivity index (χ4n) is 1.57. The predicted octanol–water partition coefficient (Wildman–Crippen LogP) is 3.54. The van der Waals surface area contributed by atoms with E-state index >= 15 is 0 Å². The summed E-state index contributed by atoms with van der Waals surface area (Å²) < 4.78 is 0. The van der Waals surface area contributed by atoms with Gasteiger partial charge >= 0.3 is 0 Å². The molecule has 0 fully saturated rings. The minimum Gasteiger partial charge on any atom is -0.368 e. The molecule has 4 nitrogen and oxygen atoms in total. The van der Waals surface area contributed by atoms with Crippen LogP contribution >= 0.6 is 23.2 Å². The molecule has 1 unspecified atom stereocenters. The van der Waals surface area contributed by atoms with E-state index in [4.69, 9.17) is 28.9 Å². The first kappa shape index (κ1) is 12.9. The third-order valence-electron chi connectivity index (χ3n) is 2.45. The second kappa shape index (κ2) is 5.42. The summed E-state index contributed by atoms with van der Waals surface area (Å²) in [6, 6.07) is 9.28.